The van der Waals surface area contributed by atoms with Gasteiger partial charge in [-0.1, -0.05) is 55.1 Å². The molecule has 0 saturated heterocycles. The van der Waals surface area contributed by atoms with Gasteiger partial charge < -0.3 is 9.47 Å². The first-order valence-corrected chi connectivity index (χ1v) is 6.83. The van der Waals surface area contributed by atoms with Crippen molar-refractivity contribution in [2.45, 2.75) is 0 Å². The fourth-order valence-electron chi connectivity index (χ4n) is 1.67. The maximum Gasteiger partial charge on any atom is 0.334 e. The van der Waals surface area contributed by atoms with Gasteiger partial charge in [-0.25, -0.2) is 4.79 Å². The van der Waals surface area contributed by atoms with Crippen LogP contribution in [0.5, 0.6) is 0 Å². The number of nitrogens with zero attached hydrogens (tertiary/aromatic N) is 1. The van der Waals surface area contributed by atoms with Crippen molar-refractivity contribution >= 4 is 12.0 Å². The summed E-state index contributed by atoms with van der Waals surface area (Å²) in [5.74, 6) is -0.891. The predicted molar refractivity (Wildman–Crippen MR) is 85.7 cm³/mol. The van der Waals surface area contributed by atoms with Crippen molar-refractivity contribution in [2.75, 3.05) is 20.3 Å². The van der Waals surface area contributed by atoms with E-state index in [1.165, 1.54) is 13.2 Å². The molecular formula is C18H19NO3. The first-order valence-electron chi connectivity index (χ1n) is 6.83. The number of rotatable bonds is 8. The van der Waals surface area contributed by atoms with E-state index in [-0.39, 0.29) is 12.2 Å². The third-order valence-electron chi connectivity index (χ3n) is 2.86. The van der Waals surface area contributed by atoms with Crippen LogP contribution in [0.1, 0.15) is 5.56 Å². The summed E-state index contributed by atoms with van der Waals surface area (Å²) in [6, 6.07) is 11.6. The first-order chi connectivity index (χ1) is 10.7. The lowest BCUT2D eigenvalue weighted by molar-refractivity contribution is -0.140. The summed E-state index contributed by atoms with van der Waals surface area (Å²) in [6.07, 6.45) is 6.62. The van der Waals surface area contributed by atoms with Crippen LogP contribution in [0.4, 0.5) is 0 Å². The van der Waals surface area contributed by atoms with E-state index >= 15 is 0 Å². The summed E-state index contributed by atoms with van der Waals surface area (Å²) >= 11 is 0. The molecule has 1 unspecified atom stereocenters. The molecule has 0 aromatic heterocycles. The summed E-state index contributed by atoms with van der Waals surface area (Å²) in [4.78, 5) is 11.9. The lowest BCUT2D eigenvalue weighted by Gasteiger charge is -2.11. The topological polar surface area (TPSA) is 59.3 Å². The minimum absolute atomic E-state index is 0.172. The summed E-state index contributed by atoms with van der Waals surface area (Å²) in [5, 5.41) is 8.67. The van der Waals surface area contributed by atoms with Crippen LogP contribution in [0.3, 0.4) is 0 Å². The third kappa shape index (κ3) is 6.21. The zero-order chi connectivity index (χ0) is 16.2. The Hall–Kier alpha value is -2.64. The van der Waals surface area contributed by atoms with E-state index in [0.29, 0.717) is 6.61 Å². The Morgan fingerprint density at radius 3 is 2.68 bits per heavy atom. The van der Waals surface area contributed by atoms with Crippen molar-refractivity contribution in [1.82, 2.24) is 0 Å². The lowest BCUT2D eigenvalue weighted by Crippen LogP contribution is -2.15. The van der Waals surface area contributed by atoms with Crippen molar-refractivity contribution in [2.24, 2.45) is 5.92 Å². The van der Waals surface area contributed by atoms with Gasteiger partial charge in [0.25, 0.3) is 0 Å². The molecule has 0 saturated carbocycles. The normalized spacial score (nSPS) is 12.2. The van der Waals surface area contributed by atoms with Crippen LogP contribution < -0.4 is 0 Å². The van der Waals surface area contributed by atoms with Gasteiger partial charge in [0, 0.05) is 24.7 Å². The van der Waals surface area contributed by atoms with Gasteiger partial charge in [0.15, 0.2) is 0 Å². The highest BCUT2D eigenvalue weighted by Crippen LogP contribution is 2.16. The molecule has 0 radical (unpaired) electrons. The van der Waals surface area contributed by atoms with E-state index < -0.39 is 11.9 Å². The van der Waals surface area contributed by atoms with Crippen molar-refractivity contribution in [3.8, 4) is 6.07 Å². The highest BCUT2D eigenvalue weighted by atomic mass is 16.6. The predicted octanol–water partition coefficient (Wildman–Crippen LogP) is 3.14. The standard InChI is InChI=1S/C18H19NO3/c1-15(18(20)22-14-13-21-2)17(9-6-12-19)11-10-16-7-4-3-5-8-16/h3-11,17H,1,13-14H2,2H3. The number of methoxy groups -OCH3 is 1. The molecule has 0 aliphatic rings. The molecule has 1 aromatic rings. The minimum Gasteiger partial charge on any atom is -0.460 e. The average molecular weight is 297 g/mol. The van der Waals surface area contributed by atoms with Crippen LogP contribution in [-0.2, 0) is 14.3 Å². The van der Waals surface area contributed by atoms with Crippen LogP contribution in [0, 0.1) is 17.2 Å². The number of ether oxygens (including phenoxy) is 2. The first kappa shape index (κ1) is 17.4. The molecule has 22 heavy (non-hydrogen) atoms. The van der Waals surface area contributed by atoms with Gasteiger partial charge in [-0.15, -0.1) is 0 Å². The molecule has 0 N–H and O–H groups in total. The van der Waals surface area contributed by atoms with Gasteiger partial charge in [-0.2, -0.15) is 5.26 Å². The summed E-state index contributed by atoms with van der Waals surface area (Å²) < 4.78 is 9.87. The lowest BCUT2D eigenvalue weighted by atomic mass is 9.98. The van der Waals surface area contributed by atoms with E-state index in [2.05, 4.69) is 6.58 Å². The van der Waals surface area contributed by atoms with Crippen molar-refractivity contribution in [3.05, 3.63) is 66.3 Å². The highest BCUT2D eigenvalue weighted by molar-refractivity contribution is 5.89. The van der Waals surface area contributed by atoms with Crippen LogP contribution in [0.15, 0.2) is 60.7 Å². The minimum atomic E-state index is -0.498. The Bertz CT molecular complexity index is 582. The van der Waals surface area contributed by atoms with Crippen LogP contribution in [0.25, 0.3) is 6.08 Å². The van der Waals surface area contributed by atoms with Gasteiger partial charge in [0.05, 0.1) is 12.7 Å². The van der Waals surface area contributed by atoms with E-state index in [1.807, 2.05) is 48.6 Å². The quantitative estimate of drug-likeness (QED) is 0.320. The molecular weight excluding hydrogens is 278 g/mol. The Morgan fingerprint density at radius 2 is 2.05 bits per heavy atom. The van der Waals surface area contributed by atoms with Gasteiger partial charge in [0.2, 0.25) is 0 Å². The Balaban J connectivity index is 2.77. The molecule has 0 bridgehead atoms. The summed E-state index contributed by atoms with van der Waals surface area (Å²) in [5.41, 5.74) is 1.27. The Morgan fingerprint density at radius 1 is 1.32 bits per heavy atom. The maximum absolute atomic E-state index is 11.9. The highest BCUT2D eigenvalue weighted by Gasteiger charge is 2.15. The molecule has 0 aliphatic heterocycles. The number of nitriles is 1. The van der Waals surface area contributed by atoms with E-state index in [1.54, 1.807) is 6.08 Å². The Kier molecular flexibility index (Phi) is 8.02. The molecule has 0 spiro atoms. The van der Waals surface area contributed by atoms with Gasteiger partial charge in [-0.05, 0) is 5.56 Å². The number of carbonyl (C=O) groups excluding carboxylic acids is 1. The fraction of sp³-hybridized carbons (Fsp3) is 0.222. The van der Waals surface area contributed by atoms with Gasteiger partial charge >= 0.3 is 5.97 Å². The molecule has 0 amide bonds. The number of hydrogen-bond donors (Lipinski definition) is 0. The molecule has 4 nitrogen and oxygen atoms in total. The largest absolute Gasteiger partial charge is 0.460 e. The van der Waals surface area contributed by atoms with Crippen molar-refractivity contribution < 1.29 is 14.3 Å². The van der Waals surface area contributed by atoms with Crippen LogP contribution in [-0.4, -0.2) is 26.3 Å². The van der Waals surface area contributed by atoms with Crippen molar-refractivity contribution in [3.63, 3.8) is 0 Å². The molecule has 1 atom stereocenters. The van der Waals surface area contributed by atoms with E-state index in [0.717, 1.165) is 5.56 Å². The maximum atomic E-state index is 11.9. The molecule has 114 valence electrons. The Labute approximate surface area is 131 Å². The number of benzene rings is 1. The number of esters is 1. The van der Waals surface area contributed by atoms with Crippen molar-refractivity contribution in [1.29, 1.82) is 5.26 Å². The number of allylic oxidation sites excluding steroid dienone is 3. The second-order valence-electron chi connectivity index (χ2n) is 4.44. The fourth-order valence-corrected chi connectivity index (χ4v) is 1.67. The van der Waals surface area contributed by atoms with E-state index in [9.17, 15) is 4.79 Å². The third-order valence-corrected chi connectivity index (χ3v) is 2.86. The second kappa shape index (κ2) is 10.1. The molecule has 4 heteroatoms. The molecule has 0 fully saturated rings. The summed E-state index contributed by atoms with van der Waals surface area (Å²) in [6.45, 7) is 4.27. The average Bonchev–Trinajstić information content (AvgIpc) is 2.55. The number of hydrogen-bond acceptors (Lipinski definition) is 4. The molecule has 1 rings (SSSR count). The monoisotopic (exact) mass is 297 g/mol. The zero-order valence-corrected chi connectivity index (χ0v) is 12.6. The van der Waals surface area contributed by atoms with Crippen LogP contribution >= 0.6 is 0 Å². The van der Waals surface area contributed by atoms with Gasteiger partial charge in [0.1, 0.15) is 6.61 Å². The van der Waals surface area contributed by atoms with Crippen LogP contribution in [0.2, 0.25) is 0 Å². The summed E-state index contributed by atoms with van der Waals surface area (Å²) in [7, 11) is 1.53. The molecule has 1 aromatic carbocycles. The smallest absolute Gasteiger partial charge is 0.334 e. The van der Waals surface area contributed by atoms with E-state index in [4.69, 9.17) is 14.7 Å². The molecule has 0 aliphatic carbocycles. The zero-order valence-electron chi connectivity index (χ0n) is 12.6. The van der Waals surface area contributed by atoms with Gasteiger partial charge in [-0.3, -0.25) is 0 Å². The SMILES string of the molecule is C=C(C(=O)OCCOC)C(C=CC#N)C=Cc1ccccc1. The molecule has 0 heterocycles. The number of carbonyl (C=O) groups is 1. The second-order valence-corrected chi connectivity index (χ2v) is 4.44.